The molecule has 0 aliphatic carbocycles. The van der Waals surface area contributed by atoms with Crippen molar-refractivity contribution in [1.82, 2.24) is 0 Å². The van der Waals surface area contributed by atoms with E-state index < -0.39 is 5.97 Å². The van der Waals surface area contributed by atoms with Gasteiger partial charge in [0, 0.05) is 16.8 Å². The highest BCUT2D eigenvalue weighted by Crippen LogP contribution is 2.33. The number of epoxide rings is 1. The molecule has 0 N–H and O–H groups in total. The van der Waals surface area contributed by atoms with Crippen molar-refractivity contribution in [3.63, 3.8) is 0 Å². The van der Waals surface area contributed by atoms with Crippen LogP contribution in [0.1, 0.15) is 0 Å². The zero-order chi connectivity index (χ0) is 20.3. The third-order valence-corrected chi connectivity index (χ3v) is 4.17. The molecule has 0 bridgehead atoms. The van der Waals surface area contributed by atoms with Crippen LogP contribution in [0.3, 0.4) is 0 Å². The molecule has 1 aliphatic heterocycles. The quantitative estimate of drug-likeness (QED) is 0.208. The molecule has 1 fully saturated rings. The Labute approximate surface area is 170 Å². The van der Waals surface area contributed by atoms with Crippen LogP contribution in [0.15, 0.2) is 49.1 Å². The van der Waals surface area contributed by atoms with Crippen LogP contribution in [0.5, 0.6) is 11.5 Å². The fourth-order valence-electron chi connectivity index (χ4n) is 2.64. The number of hydrogen-bond acceptors (Lipinski definition) is 7. The monoisotopic (exact) mass is 402 g/mol. The highest BCUT2D eigenvalue weighted by Gasteiger charge is 2.23. The summed E-state index contributed by atoms with van der Waals surface area (Å²) < 4.78 is 32.6. The minimum Gasteiger partial charge on any atom is -0.491 e. The van der Waals surface area contributed by atoms with Crippen LogP contribution in [-0.2, 0) is 23.7 Å². The lowest BCUT2D eigenvalue weighted by Gasteiger charge is -2.13. The fourth-order valence-corrected chi connectivity index (χ4v) is 2.64. The predicted octanol–water partition coefficient (Wildman–Crippen LogP) is 2.76. The first-order valence-corrected chi connectivity index (χ1v) is 9.61. The molecule has 1 unspecified atom stereocenters. The first kappa shape index (κ1) is 21.1. The first-order chi connectivity index (χ1) is 14.3. The van der Waals surface area contributed by atoms with Gasteiger partial charge in [-0.05, 0) is 12.1 Å². The Kier molecular flexibility index (Phi) is 8.30. The highest BCUT2D eigenvalue weighted by atomic mass is 16.6. The highest BCUT2D eigenvalue weighted by molar-refractivity contribution is 5.93. The van der Waals surface area contributed by atoms with E-state index in [0.29, 0.717) is 39.6 Å². The normalized spacial score (nSPS) is 15.1. The van der Waals surface area contributed by atoms with Crippen molar-refractivity contribution in [3.05, 3.63) is 49.1 Å². The van der Waals surface area contributed by atoms with Gasteiger partial charge in [0.1, 0.15) is 37.4 Å². The number of carbonyl (C=O) groups is 1. The Morgan fingerprint density at radius 3 is 2.14 bits per heavy atom. The number of esters is 1. The number of fused-ring (bicyclic) bond motifs is 1. The predicted molar refractivity (Wildman–Crippen MR) is 107 cm³/mol. The van der Waals surface area contributed by atoms with Crippen LogP contribution in [0.25, 0.3) is 10.8 Å². The summed E-state index contributed by atoms with van der Waals surface area (Å²) in [6.07, 6.45) is 1.34. The standard InChI is InChI=1S/C22H26O7/c1-2-22(23)27-14-12-25-10-9-24-11-13-26-20-7-8-21(29-16-17-15-28-17)19-6-4-3-5-18(19)20/h2-8,17H,1,9-16H2. The maximum Gasteiger partial charge on any atom is 0.330 e. The SMILES string of the molecule is C=CC(=O)OCCOCCOCCOc1ccc(OCC2CO2)c2ccccc12. The summed E-state index contributed by atoms with van der Waals surface area (Å²) in [6.45, 7) is 6.92. The molecule has 7 heteroatoms. The van der Waals surface area contributed by atoms with E-state index in [1.807, 2.05) is 36.4 Å². The maximum atomic E-state index is 10.9. The number of rotatable bonds is 14. The second-order valence-electron chi connectivity index (χ2n) is 6.32. The summed E-state index contributed by atoms with van der Waals surface area (Å²) in [5.74, 6) is 1.17. The molecule has 2 aromatic carbocycles. The number of ether oxygens (including phenoxy) is 6. The molecule has 29 heavy (non-hydrogen) atoms. The van der Waals surface area contributed by atoms with E-state index in [0.717, 1.165) is 35.0 Å². The van der Waals surface area contributed by atoms with E-state index in [2.05, 4.69) is 6.58 Å². The van der Waals surface area contributed by atoms with Gasteiger partial charge in [0.15, 0.2) is 0 Å². The molecule has 1 saturated heterocycles. The molecule has 1 aliphatic rings. The van der Waals surface area contributed by atoms with Crippen molar-refractivity contribution in [2.75, 3.05) is 52.9 Å². The third-order valence-electron chi connectivity index (χ3n) is 4.17. The van der Waals surface area contributed by atoms with Gasteiger partial charge in [-0.2, -0.15) is 0 Å². The zero-order valence-corrected chi connectivity index (χ0v) is 16.3. The van der Waals surface area contributed by atoms with Crippen LogP contribution < -0.4 is 9.47 Å². The molecular weight excluding hydrogens is 376 g/mol. The molecule has 3 rings (SSSR count). The Morgan fingerprint density at radius 2 is 1.52 bits per heavy atom. The van der Waals surface area contributed by atoms with Gasteiger partial charge in [0.25, 0.3) is 0 Å². The minimum absolute atomic E-state index is 0.203. The summed E-state index contributed by atoms with van der Waals surface area (Å²) >= 11 is 0. The molecule has 7 nitrogen and oxygen atoms in total. The molecule has 156 valence electrons. The minimum atomic E-state index is -0.453. The molecule has 2 aromatic rings. The van der Waals surface area contributed by atoms with Crippen molar-refractivity contribution < 1.29 is 33.2 Å². The van der Waals surface area contributed by atoms with Gasteiger partial charge in [-0.3, -0.25) is 0 Å². The molecule has 0 amide bonds. The molecule has 1 atom stereocenters. The van der Waals surface area contributed by atoms with Crippen LogP contribution >= 0.6 is 0 Å². The van der Waals surface area contributed by atoms with Gasteiger partial charge in [-0.1, -0.05) is 30.8 Å². The summed E-state index contributed by atoms with van der Waals surface area (Å²) in [5, 5.41) is 2.01. The van der Waals surface area contributed by atoms with Gasteiger partial charge in [0.05, 0.1) is 33.0 Å². The molecular formula is C22H26O7. The lowest BCUT2D eigenvalue weighted by molar-refractivity contribution is -0.139. The number of benzene rings is 2. The Hall–Kier alpha value is -2.61. The first-order valence-electron chi connectivity index (χ1n) is 9.61. The van der Waals surface area contributed by atoms with E-state index in [-0.39, 0.29) is 12.7 Å². The maximum absolute atomic E-state index is 10.9. The number of hydrogen-bond donors (Lipinski definition) is 0. The second kappa shape index (κ2) is 11.4. The topological polar surface area (TPSA) is 75.8 Å². The van der Waals surface area contributed by atoms with Crippen LogP contribution in [-0.4, -0.2) is 64.9 Å². The summed E-state index contributed by atoms with van der Waals surface area (Å²) in [7, 11) is 0. The molecule has 0 aromatic heterocycles. The Bertz CT molecular complexity index is 801. The average Bonchev–Trinajstić information content (AvgIpc) is 3.58. The van der Waals surface area contributed by atoms with Crippen molar-refractivity contribution in [2.45, 2.75) is 6.10 Å². The van der Waals surface area contributed by atoms with E-state index >= 15 is 0 Å². The Morgan fingerprint density at radius 1 is 0.931 bits per heavy atom. The van der Waals surface area contributed by atoms with Crippen molar-refractivity contribution >= 4 is 16.7 Å². The van der Waals surface area contributed by atoms with Crippen LogP contribution in [0.4, 0.5) is 0 Å². The van der Waals surface area contributed by atoms with E-state index in [4.69, 9.17) is 28.4 Å². The van der Waals surface area contributed by atoms with Crippen molar-refractivity contribution in [3.8, 4) is 11.5 Å². The van der Waals surface area contributed by atoms with Crippen LogP contribution in [0, 0.1) is 0 Å². The van der Waals surface area contributed by atoms with Gasteiger partial charge < -0.3 is 28.4 Å². The largest absolute Gasteiger partial charge is 0.491 e. The summed E-state index contributed by atoms with van der Waals surface area (Å²) in [6, 6.07) is 11.8. The number of carbonyl (C=O) groups excluding carboxylic acids is 1. The van der Waals surface area contributed by atoms with Crippen LogP contribution in [0.2, 0.25) is 0 Å². The summed E-state index contributed by atoms with van der Waals surface area (Å²) in [5.41, 5.74) is 0. The van der Waals surface area contributed by atoms with E-state index in [1.165, 1.54) is 0 Å². The molecule has 0 spiro atoms. The lowest BCUT2D eigenvalue weighted by atomic mass is 10.1. The van der Waals surface area contributed by atoms with Crippen molar-refractivity contribution in [2.24, 2.45) is 0 Å². The fraction of sp³-hybridized carbons (Fsp3) is 0.409. The zero-order valence-electron chi connectivity index (χ0n) is 16.3. The smallest absolute Gasteiger partial charge is 0.330 e. The lowest BCUT2D eigenvalue weighted by Crippen LogP contribution is -2.13. The third kappa shape index (κ3) is 7.05. The molecule has 1 heterocycles. The van der Waals surface area contributed by atoms with Gasteiger partial charge >= 0.3 is 5.97 Å². The van der Waals surface area contributed by atoms with E-state index in [1.54, 1.807) is 0 Å². The Balaban J connectivity index is 1.35. The molecule has 0 radical (unpaired) electrons. The van der Waals surface area contributed by atoms with Gasteiger partial charge in [-0.15, -0.1) is 0 Å². The summed E-state index contributed by atoms with van der Waals surface area (Å²) in [4.78, 5) is 10.9. The van der Waals surface area contributed by atoms with E-state index in [9.17, 15) is 4.79 Å². The second-order valence-corrected chi connectivity index (χ2v) is 6.32. The van der Waals surface area contributed by atoms with Gasteiger partial charge in [-0.25, -0.2) is 4.79 Å². The average molecular weight is 402 g/mol. The van der Waals surface area contributed by atoms with Crippen molar-refractivity contribution in [1.29, 1.82) is 0 Å². The van der Waals surface area contributed by atoms with Gasteiger partial charge in [0.2, 0.25) is 0 Å². The molecule has 0 saturated carbocycles.